The van der Waals surface area contributed by atoms with Crippen molar-refractivity contribution in [1.29, 1.82) is 0 Å². The molecule has 3 N–H and O–H groups in total. The number of ether oxygens (including phenoxy) is 2. The number of rotatable bonds is 9. The number of amides is 3. The molecule has 3 amide bonds. The molecule has 1 aliphatic rings. The monoisotopic (exact) mass is 541 g/mol. The fourth-order valence-electron chi connectivity index (χ4n) is 3.38. The summed E-state index contributed by atoms with van der Waals surface area (Å²) in [7, 11) is 0. The molecule has 2 aromatic rings. The summed E-state index contributed by atoms with van der Waals surface area (Å²) >= 11 is 13.7. The van der Waals surface area contributed by atoms with Crippen LogP contribution in [0.4, 0.5) is 4.79 Å². The summed E-state index contributed by atoms with van der Waals surface area (Å²) in [6, 6.07) is 10.3. The van der Waals surface area contributed by atoms with E-state index in [1.165, 1.54) is 16.7 Å². The maximum absolute atomic E-state index is 12.8. The zero-order chi connectivity index (χ0) is 25.4. The molecule has 2 aromatic carbocycles. The van der Waals surface area contributed by atoms with Crippen LogP contribution in [-0.2, 0) is 27.4 Å². The molecule has 35 heavy (non-hydrogen) atoms. The van der Waals surface area contributed by atoms with Gasteiger partial charge in [0, 0.05) is 27.8 Å². The molecule has 0 aromatic heterocycles. The van der Waals surface area contributed by atoms with Gasteiger partial charge in [-0.2, -0.15) is 0 Å². The zero-order valence-electron chi connectivity index (χ0n) is 18.8. The highest BCUT2D eigenvalue weighted by Crippen LogP contribution is 2.26. The third-order valence-corrected chi connectivity index (χ3v) is 6.96. The molecule has 0 spiro atoms. The third kappa shape index (κ3) is 7.17. The van der Waals surface area contributed by atoms with Crippen molar-refractivity contribution in [2.75, 3.05) is 18.2 Å². The first-order valence-corrected chi connectivity index (χ1v) is 12.6. The van der Waals surface area contributed by atoms with E-state index in [9.17, 15) is 14.4 Å². The number of nitrogens with zero attached hydrogens (tertiary/aromatic N) is 1. The Morgan fingerprint density at radius 3 is 2.49 bits per heavy atom. The number of hydroxylamine groups is 1. The van der Waals surface area contributed by atoms with E-state index in [4.69, 9.17) is 37.9 Å². The number of thioether (sulfide) groups is 1. The summed E-state index contributed by atoms with van der Waals surface area (Å²) in [6.45, 7) is 2.05. The Hall–Kier alpha value is -2.66. The lowest BCUT2D eigenvalue weighted by Crippen LogP contribution is -2.54. The largest absolute Gasteiger partial charge is 0.489 e. The van der Waals surface area contributed by atoms with Crippen LogP contribution in [0, 0.1) is 0 Å². The topological polar surface area (TPSA) is 117 Å². The van der Waals surface area contributed by atoms with Crippen LogP contribution in [0.5, 0.6) is 5.75 Å². The maximum Gasteiger partial charge on any atom is 0.411 e. The van der Waals surface area contributed by atoms with Crippen LogP contribution in [0.15, 0.2) is 42.5 Å². The smallest absolute Gasteiger partial charge is 0.411 e. The van der Waals surface area contributed by atoms with Gasteiger partial charge in [0.1, 0.15) is 24.4 Å². The van der Waals surface area contributed by atoms with Crippen LogP contribution < -0.4 is 15.5 Å². The van der Waals surface area contributed by atoms with Crippen LogP contribution in [-0.4, -0.2) is 58.3 Å². The van der Waals surface area contributed by atoms with Crippen molar-refractivity contribution >= 4 is 52.9 Å². The minimum Gasteiger partial charge on any atom is -0.489 e. The van der Waals surface area contributed by atoms with E-state index < -0.39 is 30.0 Å². The lowest BCUT2D eigenvalue weighted by atomic mass is 10.0. The van der Waals surface area contributed by atoms with Crippen LogP contribution in [0.1, 0.15) is 18.1 Å². The quantitative estimate of drug-likeness (QED) is 0.327. The molecule has 1 aliphatic heterocycles. The van der Waals surface area contributed by atoms with Crippen molar-refractivity contribution in [1.82, 2.24) is 15.7 Å². The number of nitrogens with one attached hydrogen (secondary N) is 2. The number of carbonyl (C=O) groups excluding carboxylic acids is 3. The van der Waals surface area contributed by atoms with Crippen molar-refractivity contribution < 1.29 is 29.1 Å². The Morgan fingerprint density at radius 2 is 1.86 bits per heavy atom. The first kappa shape index (κ1) is 26.9. The van der Waals surface area contributed by atoms with Crippen LogP contribution in [0.25, 0.3) is 0 Å². The lowest BCUT2D eigenvalue weighted by Gasteiger charge is -2.24. The summed E-state index contributed by atoms with van der Waals surface area (Å²) < 4.78 is 10.8. The van der Waals surface area contributed by atoms with E-state index >= 15 is 0 Å². The van der Waals surface area contributed by atoms with Crippen molar-refractivity contribution in [3.05, 3.63) is 63.6 Å². The summed E-state index contributed by atoms with van der Waals surface area (Å²) in [6.07, 6.45) is -0.483. The Bertz CT molecular complexity index is 1040. The molecule has 1 fully saturated rings. The van der Waals surface area contributed by atoms with Gasteiger partial charge in [-0.05, 0) is 36.8 Å². The van der Waals surface area contributed by atoms with Crippen molar-refractivity contribution in [3.8, 4) is 5.75 Å². The van der Waals surface area contributed by atoms with E-state index in [0.717, 1.165) is 0 Å². The van der Waals surface area contributed by atoms with Crippen molar-refractivity contribution in [2.24, 2.45) is 0 Å². The molecule has 188 valence electrons. The van der Waals surface area contributed by atoms with Gasteiger partial charge in [-0.3, -0.25) is 19.7 Å². The highest BCUT2D eigenvalue weighted by atomic mass is 35.5. The van der Waals surface area contributed by atoms with Gasteiger partial charge in [-0.25, -0.2) is 10.3 Å². The maximum atomic E-state index is 12.8. The minimum absolute atomic E-state index is 0.105. The molecule has 1 heterocycles. The second kappa shape index (κ2) is 12.9. The summed E-state index contributed by atoms with van der Waals surface area (Å²) in [5.41, 5.74) is 2.97. The predicted octanol–water partition coefficient (Wildman–Crippen LogP) is 3.64. The molecule has 12 heteroatoms. The molecular weight excluding hydrogens is 517 g/mol. The number of carbonyl (C=O) groups is 3. The van der Waals surface area contributed by atoms with Gasteiger partial charge in [0.2, 0.25) is 5.91 Å². The molecule has 2 atom stereocenters. The number of hydrogen-bond donors (Lipinski definition) is 3. The second-order valence-electron chi connectivity index (χ2n) is 7.56. The van der Waals surface area contributed by atoms with Gasteiger partial charge in [0.05, 0.1) is 12.5 Å². The Kier molecular flexibility index (Phi) is 9.91. The molecule has 0 aliphatic carbocycles. The fourth-order valence-corrected chi connectivity index (χ4v) is 5.03. The molecule has 0 saturated carbocycles. The van der Waals surface area contributed by atoms with Gasteiger partial charge >= 0.3 is 6.09 Å². The van der Waals surface area contributed by atoms with E-state index in [1.54, 1.807) is 54.9 Å². The third-order valence-electron chi connectivity index (χ3n) is 5.24. The number of hydrogen-bond acceptors (Lipinski definition) is 7. The zero-order valence-corrected chi connectivity index (χ0v) is 21.2. The van der Waals surface area contributed by atoms with Crippen LogP contribution >= 0.6 is 35.0 Å². The SMILES string of the molecule is CCOC(=O)N1CSCC1C(=O)N[C@@H](Cc1ccc(OCc2c(Cl)cccc2Cl)cc1)C(=O)NO. The van der Waals surface area contributed by atoms with Crippen molar-refractivity contribution in [3.63, 3.8) is 0 Å². The average molecular weight is 542 g/mol. The summed E-state index contributed by atoms with van der Waals surface area (Å²) in [4.78, 5) is 38.5. The highest BCUT2D eigenvalue weighted by Gasteiger charge is 2.37. The van der Waals surface area contributed by atoms with Crippen molar-refractivity contribution in [2.45, 2.75) is 32.0 Å². The standard InChI is InChI=1S/C23H25Cl2N3O6S/c1-2-33-23(31)28-13-35-12-20(28)22(30)26-19(21(29)27-32)10-14-6-8-15(9-7-14)34-11-16-17(24)4-3-5-18(16)25/h3-9,19-20,32H,2,10-13H2,1H3,(H,26,30)(H,27,29)/t19-,20?/m0/s1. The lowest BCUT2D eigenvalue weighted by molar-refractivity contribution is -0.135. The molecule has 1 saturated heterocycles. The van der Waals surface area contributed by atoms with E-state index in [-0.39, 0.29) is 19.6 Å². The van der Waals surface area contributed by atoms with Gasteiger partial charge in [-0.15, -0.1) is 11.8 Å². The second-order valence-corrected chi connectivity index (χ2v) is 9.37. The van der Waals surface area contributed by atoms with Gasteiger partial charge in [-0.1, -0.05) is 41.4 Å². The first-order valence-electron chi connectivity index (χ1n) is 10.7. The predicted molar refractivity (Wildman–Crippen MR) is 133 cm³/mol. The van der Waals surface area contributed by atoms with Crippen LogP contribution in [0.3, 0.4) is 0 Å². The number of halogens is 2. The molecule has 0 radical (unpaired) electrons. The van der Waals surface area contributed by atoms with Gasteiger partial charge in [0.25, 0.3) is 5.91 Å². The molecule has 0 bridgehead atoms. The summed E-state index contributed by atoms with van der Waals surface area (Å²) in [5.74, 6) is -0.0348. The van der Waals surface area contributed by atoms with Gasteiger partial charge < -0.3 is 14.8 Å². The molecular formula is C23H25Cl2N3O6S. The van der Waals surface area contributed by atoms with E-state index in [1.807, 2.05) is 0 Å². The van der Waals surface area contributed by atoms with Gasteiger partial charge in [0.15, 0.2) is 0 Å². The Morgan fingerprint density at radius 1 is 1.17 bits per heavy atom. The summed E-state index contributed by atoms with van der Waals surface area (Å²) in [5, 5.41) is 12.8. The minimum atomic E-state index is -1.06. The van der Waals surface area contributed by atoms with E-state index in [0.29, 0.717) is 38.6 Å². The fraction of sp³-hybridized carbons (Fsp3) is 0.348. The highest BCUT2D eigenvalue weighted by molar-refractivity contribution is 7.99. The number of benzene rings is 2. The first-order chi connectivity index (χ1) is 16.8. The van der Waals surface area contributed by atoms with E-state index in [2.05, 4.69) is 5.32 Å². The normalized spacial score (nSPS) is 15.9. The Labute approximate surface area is 217 Å². The molecule has 1 unspecified atom stereocenters. The molecule has 3 rings (SSSR count). The molecule has 9 nitrogen and oxygen atoms in total. The Balaban J connectivity index is 1.62. The van der Waals surface area contributed by atoms with Crippen LogP contribution in [0.2, 0.25) is 10.0 Å². The average Bonchev–Trinajstić information content (AvgIpc) is 3.34.